The van der Waals surface area contributed by atoms with Crippen LogP contribution in [0.3, 0.4) is 0 Å². The molecule has 1 saturated heterocycles. The van der Waals surface area contributed by atoms with Gasteiger partial charge in [0.2, 0.25) is 0 Å². The second-order valence-electron chi connectivity index (χ2n) is 8.45. The van der Waals surface area contributed by atoms with Crippen LogP contribution < -0.4 is 10.6 Å². The van der Waals surface area contributed by atoms with E-state index in [-0.39, 0.29) is 6.10 Å². The van der Waals surface area contributed by atoms with Gasteiger partial charge in [-0.1, -0.05) is 29.8 Å². The number of rotatable bonds is 8. The van der Waals surface area contributed by atoms with Gasteiger partial charge >= 0.3 is 0 Å². The van der Waals surface area contributed by atoms with Gasteiger partial charge in [0, 0.05) is 37.7 Å². The number of nitrogens with zero attached hydrogens (tertiary/aromatic N) is 2. The lowest BCUT2D eigenvalue weighted by molar-refractivity contribution is -0.0265. The molecule has 156 valence electrons. The van der Waals surface area contributed by atoms with E-state index in [2.05, 4.69) is 67.6 Å². The van der Waals surface area contributed by atoms with Crippen molar-refractivity contribution >= 4 is 5.96 Å². The highest BCUT2D eigenvalue weighted by Crippen LogP contribution is 2.33. The standard InChI is InChI=1S/C23H38N4O/c1-5-24-23(25-15-18(3)27(4)21-12-13-21)26-16-20-7-6-14-28-22(20)19-10-8-17(2)9-11-19/h8-11,18,20-22H,5-7,12-16H2,1-4H3,(H2,24,25,26). The molecule has 3 rings (SSSR count). The van der Waals surface area contributed by atoms with Crippen molar-refractivity contribution < 1.29 is 4.74 Å². The van der Waals surface area contributed by atoms with E-state index in [9.17, 15) is 0 Å². The van der Waals surface area contributed by atoms with Gasteiger partial charge in [0.05, 0.1) is 12.6 Å². The molecule has 0 aromatic heterocycles. The van der Waals surface area contributed by atoms with Crippen molar-refractivity contribution in [2.45, 2.75) is 64.6 Å². The molecule has 1 aromatic carbocycles. The fraction of sp³-hybridized carbons (Fsp3) is 0.696. The van der Waals surface area contributed by atoms with Gasteiger partial charge in [-0.15, -0.1) is 0 Å². The molecule has 28 heavy (non-hydrogen) atoms. The first kappa shape index (κ1) is 21.1. The van der Waals surface area contributed by atoms with Crippen LogP contribution in [0.1, 0.15) is 56.8 Å². The minimum atomic E-state index is 0.171. The van der Waals surface area contributed by atoms with E-state index < -0.39 is 0 Å². The first-order chi connectivity index (χ1) is 13.6. The first-order valence-corrected chi connectivity index (χ1v) is 11.0. The Hall–Kier alpha value is -1.59. The number of hydrogen-bond donors (Lipinski definition) is 2. The zero-order valence-corrected chi connectivity index (χ0v) is 18.1. The maximum atomic E-state index is 6.16. The van der Waals surface area contributed by atoms with Crippen LogP contribution in [0.2, 0.25) is 0 Å². The summed E-state index contributed by atoms with van der Waals surface area (Å²) in [7, 11) is 2.23. The van der Waals surface area contributed by atoms with Crippen LogP contribution in [0.5, 0.6) is 0 Å². The lowest BCUT2D eigenvalue weighted by Gasteiger charge is -2.33. The largest absolute Gasteiger partial charge is 0.373 e. The molecule has 3 unspecified atom stereocenters. The first-order valence-electron chi connectivity index (χ1n) is 11.0. The van der Waals surface area contributed by atoms with Gasteiger partial charge in [0.1, 0.15) is 0 Å². The minimum absolute atomic E-state index is 0.171. The Morgan fingerprint density at radius 2 is 1.96 bits per heavy atom. The molecular formula is C23H38N4O. The van der Waals surface area contributed by atoms with Crippen molar-refractivity contribution in [2.24, 2.45) is 10.9 Å². The van der Waals surface area contributed by atoms with E-state index in [0.29, 0.717) is 12.0 Å². The lowest BCUT2D eigenvalue weighted by Crippen LogP contribution is -2.43. The summed E-state index contributed by atoms with van der Waals surface area (Å²) < 4.78 is 6.16. The van der Waals surface area contributed by atoms with E-state index in [0.717, 1.165) is 44.7 Å². The Balaban J connectivity index is 1.57. The van der Waals surface area contributed by atoms with E-state index in [1.807, 2.05) is 0 Å². The minimum Gasteiger partial charge on any atom is -0.373 e. The number of benzene rings is 1. The molecule has 2 N–H and O–H groups in total. The number of likely N-dealkylation sites (N-methyl/N-ethyl adjacent to an activating group) is 1. The maximum Gasteiger partial charge on any atom is 0.191 e. The molecular weight excluding hydrogens is 348 g/mol. The van der Waals surface area contributed by atoms with Crippen molar-refractivity contribution in [1.29, 1.82) is 0 Å². The maximum absolute atomic E-state index is 6.16. The second-order valence-corrected chi connectivity index (χ2v) is 8.45. The highest BCUT2D eigenvalue weighted by atomic mass is 16.5. The molecule has 5 heteroatoms. The lowest BCUT2D eigenvalue weighted by atomic mass is 9.89. The van der Waals surface area contributed by atoms with Gasteiger partial charge in [0.15, 0.2) is 5.96 Å². The van der Waals surface area contributed by atoms with Gasteiger partial charge in [-0.25, -0.2) is 0 Å². The Morgan fingerprint density at radius 1 is 1.21 bits per heavy atom. The van der Waals surface area contributed by atoms with Gasteiger partial charge < -0.3 is 15.4 Å². The topological polar surface area (TPSA) is 48.9 Å². The molecule has 0 amide bonds. The molecule has 0 radical (unpaired) electrons. The average Bonchev–Trinajstić information content (AvgIpc) is 3.55. The van der Waals surface area contributed by atoms with Crippen LogP contribution in [0, 0.1) is 12.8 Å². The molecule has 1 aliphatic heterocycles. The van der Waals surface area contributed by atoms with Crippen LogP contribution >= 0.6 is 0 Å². The average molecular weight is 387 g/mol. The van der Waals surface area contributed by atoms with Crippen LogP contribution in [0.15, 0.2) is 29.3 Å². The van der Waals surface area contributed by atoms with Crippen molar-refractivity contribution in [2.75, 3.05) is 33.3 Å². The summed E-state index contributed by atoms with van der Waals surface area (Å²) in [6.07, 6.45) is 5.16. The number of hydrogen-bond acceptors (Lipinski definition) is 3. The SMILES string of the molecule is CCNC(=NCC(C)N(C)C1CC1)NCC1CCCOC1c1ccc(C)cc1. The van der Waals surface area contributed by atoms with Crippen molar-refractivity contribution in [3.8, 4) is 0 Å². The number of ether oxygens (including phenoxy) is 1. The van der Waals surface area contributed by atoms with E-state index in [4.69, 9.17) is 9.73 Å². The summed E-state index contributed by atoms with van der Waals surface area (Å²) in [5.74, 6) is 1.39. The summed E-state index contributed by atoms with van der Waals surface area (Å²) in [5.41, 5.74) is 2.58. The second kappa shape index (κ2) is 10.3. The Bertz CT molecular complexity index is 626. The Labute approximate surface area is 170 Å². The quantitative estimate of drug-likeness (QED) is 0.530. The molecule has 1 saturated carbocycles. The van der Waals surface area contributed by atoms with Crippen LogP contribution in [-0.2, 0) is 4.74 Å². The van der Waals surface area contributed by atoms with E-state index in [1.54, 1.807) is 0 Å². The molecule has 1 aromatic rings. The van der Waals surface area contributed by atoms with Gasteiger partial charge in [-0.3, -0.25) is 9.89 Å². The van der Waals surface area contributed by atoms with Crippen molar-refractivity contribution in [3.63, 3.8) is 0 Å². The summed E-state index contributed by atoms with van der Waals surface area (Å²) in [6, 6.07) is 10.0. The zero-order chi connectivity index (χ0) is 19.9. The molecule has 1 heterocycles. The summed E-state index contributed by atoms with van der Waals surface area (Å²) in [5, 5.41) is 6.98. The highest BCUT2D eigenvalue weighted by molar-refractivity contribution is 5.79. The summed E-state index contributed by atoms with van der Waals surface area (Å²) in [4.78, 5) is 7.32. The fourth-order valence-corrected chi connectivity index (χ4v) is 3.94. The predicted octanol–water partition coefficient (Wildman–Crippen LogP) is 3.50. The third-order valence-corrected chi connectivity index (χ3v) is 6.06. The van der Waals surface area contributed by atoms with Gasteiger partial charge in [0.25, 0.3) is 0 Å². The van der Waals surface area contributed by atoms with Crippen LogP contribution in [0.4, 0.5) is 0 Å². The number of guanidine groups is 1. The molecule has 3 atom stereocenters. The summed E-state index contributed by atoms with van der Waals surface area (Å²) >= 11 is 0. The molecule has 1 aliphatic carbocycles. The molecule has 5 nitrogen and oxygen atoms in total. The molecule has 2 fully saturated rings. The Morgan fingerprint density at radius 3 is 2.64 bits per heavy atom. The molecule has 2 aliphatic rings. The predicted molar refractivity (Wildman–Crippen MR) is 117 cm³/mol. The number of aliphatic imine (C=N–C) groups is 1. The van der Waals surface area contributed by atoms with Crippen LogP contribution in [0.25, 0.3) is 0 Å². The van der Waals surface area contributed by atoms with Crippen molar-refractivity contribution in [1.82, 2.24) is 15.5 Å². The Kier molecular flexibility index (Phi) is 7.74. The number of nitrogens with one attached hydrogen (secondary N) is 2. The van der Waals surface area contributed by atoms with E-state index in [1.165, 1.54) is 30.4 Å². The third kappa shape index (κ3) is 5.95. The molecule has 0 spiro atoms. The van der Waals surface area contributed by atoms with Crippen LogP contribution in [-0.4, -0.2) is 56.2 Å². The number of aryl methyl sites for hydroxylation is 1. The fourth-order valence-electron chi connectivity index (χ4n) is 3.94. The van der Waals surface area contributed by atoms with E-state index >= 15 is 0 Å². The summed E-state index contributed by atoms with van der Waals surface area (Å²) in [6.45, 7) is 9.96. The normalized spacial score (nSPS) is 24.2. The highest BCUT2D eigenvalue weighted by Gasteiger charge is 2.29. The van der Waals surface area contributed by atoms with Gasteiger partial charge in [-0.2, -0.15) is 0 Å². The van der Waals surface area contributed by atoms with Crippen molar-refractivity contribution in [3.05, 3.63) is 35.4 Å². The monoisotopic (exact) mass is 386 g/mol. The molecule has 0 bridgehead atoms. The smallest absolute Gasteiger partial charge is 0.191 e. The zero-order valence-electron chi connectivity index (χ0n) is 18.1. The third-order valence-electron chi connectivity index (χ3n) is 6.06. The van der Waals surface area contributed by atoms with Gasteiger partial charge in [-0.05, 0) is 59.1 Å².